The van der Waals surface area contributed by atoms with Gasteiger partial charge in [-0.2, -0.15) is 0 Å². The maximum absolute atomic E-state index is 12.2. The third-order valence-electron chi connectivity index (χ3n) is 3.22. The Balaban J connectivity index is 2.12. The number of anilines is 1. The van der Waals surface area contributed by atoms with Crippen molar-refractivity contribution in [3.05, 3.63) is 26.8 Å². The molecule has 1 aromatic carbocycles. The first-order valence-electron chi connectivity index (χ1n) is 6.24. The van der Waals surface area contributed by atoms with Crippen molar-refractivity contribution in [2.24, 2.45) is 0 Å². The Morgan fingerprint density at radius 3 is 2.80 bits per heavy atom. The van der Waals surface area contributed by atoms with Crippen LogP contribution in [0.5, 0.6) is 0 Å². The summed E-state index contributed by atoms with van der Waals surface area (Å²) < 4.78 is 0.812. The Hall–Kier alpha value is -1.02. The normalized spacial score (nSPS) is 18.7. The van der Waals surface area contributed by atoms with Crippen LogP contribution in [0.4, 0.5) is 10.5 Å². The molecular formula is C13H14ClIN2O3. The van der Waals surface area contributed by atoms with Crippen LogP contribution in [0.15, 0.2) is 18.2 Å². The number of nitrogens with one attached hydrogen (secondary N) is 1. The SMILES string of the molecule is O=C(O)C1CCCCN1C(=O)Nc1ccc(Cl)cc1I. The second-order valence-corrected chi connectivity index (χ2v) is 6.20. The Kier molecular flexibility index (Phi) is 5.09. The average Bonchev–Trinajstić information content (AvgIpc) is 2.41. The lowest BCUT2D eigenvalue weighted by molar-refractivity contribution is -0.143. The van der Waals surface area contributed by atoms with Gasteiger partial charge in [-0.1, -0.05) is 11.6 Å². The summed E-state index contributed by atoms with van der Waals surface area (Å²) in [5.74, 6) is -0.953. The highest BCUT2D eigenvalue weighted by Gasteiger charge is 2.32. The molecule has 7 heteroatoms. The van der Waals surface area contributed by atoms with E-state index in [1.165, 1.54) is 4.90 Å². The summed E-state index contributed by atoms with van der Waals surface area (Å²) >= 11 is 7.94. The van der Waals surface area contributed by atoms with E-state index in [1.54, 1.807) is 18.2 Å². The second-order valence-electron chi connectivity index (χ2n) is 4.60. The number of hydrogen-bond acceptors (Lipinski definition) is 2. The molecule has 5 nitrogen and oxygen atoms in total. The van der Waals surface area contributed by atoms with Crippen LogP contribution in [0.1, 0.15) is 19.3 Å². The van der Waals surface area contributed by atoms with Crippen molar-refractivity contribution in [3.8, 4) is 0 Å². The summed E-state index contributed by atoms with van der Waals surface area (Å²) in [4.78, 5) is 24.8. The van der Waals surface area contributed by atoms with Crippen molar-refractivity contribution in [3.63, 3.8) is 0 Å². The van der Waals surface area contributed by atoms with Crippen LogP contribution in [0.3, 0.4) is 0 Å². The number of likely N-dealkylation sites (tertiary alicyclic amines) is 1. The van der Waals surface area contributed by atoms with Crippen LogP contribution < -0.4 is 5.32 Å². The van der Waals surface area contributed by atoms with Gasteiger partial charge in [-0.25, -0.2) is 9.59 Å². The molecule has 108 valence electrons. The van der Waals surface area contributed by atoms with Crippen molar-refractivity contribution in [2.75, 3.05) is 11.9 Å². The number of hydrogen-bond donors (Lipinski definition) is 2. The third kappa shape index (κ3) is 3.54. The molecule has 1 atom stereocenters. The Morgan fingerprint density at radius 2 is 2.15 bits per heavy atom. The van der Waals surface area contributed by atoms with Crippen LogP contribution in [0.2, 0.25) is 5.02 Å². The molecule has 1 heterocycles. The summed E-state index contributed by atoms with van der Waals surface area (Å²) in [6, 6.07) is 4.01. The summed E-state index contributed by atoms with van der Waals surface area (Å²) in [7, 11) is 0. The third-order valence-corrected chi connectivity index (χ3v) is 4.35. The van der Waals surface area contributed by atoms with E-state index < -0.39 is 12.0 Å². The lowest BCUT2D eigenvalue weighted by atomic mass is 10.0. The first-order valence-corrected chi connectivity index (χ1v) is 7.70. The Bertz CT molecular complexity index is 538. The smallest absolute Gasteiger partial charge is 0.326 e. The van der Waals surface area contributed by atoms with E-state index in [2.05, 4.69) is 27.9 Å². The van der Waals surface area contributed by atoms with Gasteiger partial charge in [0.1, 0.15) is 6.04 Å². The fourth-order valence-electron chi connectivity index (χ4n) is 2.21. The lowest BCUT2D eigenvalue weighted by Crippen LogP contribution is -2.49. The van der Waals surface area contributed by atoms with Gasteiger partial charge in [0, 0.05) is 15.1 Å². The zero-order chi connectivity index (χ0) is 14.7. The van der Waals surface area contributed by atoms with Gasteiger partial charge in [0.2, 0.25) is 0 Å². The van der Waals surface area contributed by atoms with E-state index >= 15 is 0 Å². The fraction of sp³-hybridized carbons (Fsp3) is 0.385. The predicted molar refractivity (Wildman–Crippen MR) is 85.2 cm³/mol. The summed E-state index contributed by atoms with van der Waals surface area (Å²) in [5, 5.41) is 12.5. The maximum Gasteiger partial charge on any atom is 0.326 e. The predicted octanol–water partition coefficient (Wildman–Crippen LogP) is 3.42. The van der Waals surface area contributed by atoms with Gasteiger partial charge in [-0.15, -0.1) is 0 Å². The molecule has 1 fully saturated rings. The second kappa shape index (κ2) is 6.62. The van der Waals surface area contributed by atoms with Crippen molar-refractivity contribution in [2.45, 2.75) is 25.3 Å². The number of aliphatic carboxylic acids is 1. The Labute approximate surface area is 135 Å². The first-order chi connectivity index (χ1) is 9.49. The number of rotatable bonds is 2. The lowest BCUT2D eigenvalue weighted by Gasteiger charge is -2.33. The highest BCUT2D eigenvalue weighted by Crippen LogP contribution is 2.24. The number of carbonyl (C=O) groups is 2. The number of piperidine rings is 1. The number of carbonyl (C=O) groups excluding carboxylic acids is 1. The number of amides is 2. The van der Waals surface area contributed by atoms with Gasteiger partial charge >= 0.3 is 12.0 Å². The molecule has 0 bridgehead atoms. The molecule has 0 spiro atoms. The van der Waals surface area contributed by atoms with E-state index in [9.17, 15) is 14.7 Å². The topological polar surface area (TPSA) is 69.6 Å². The molecule has 20 heavy (non-hydrogen) atoms. The van der Waals surface area contributed by atoms with Gasteiger partial charge < -0.3 is 15.3 Å². The van der Waals surface area contributed by atoms with E-state index in [0.29, 0.717) is 23.7 Å². The molecule has 0 radical (unpaired) electrons. The van der Waals surface area contributed by atoms with E-state index in [0.717, 1.165) is 16.4 Å². The molecule has 1 aliphatic heterocycles. The van der Waals surface area contributed by atoms with E-state index in [1.807, 2.05) is 0 Å². The van der Waals surface area contributed by atoms with Crippen molar-refractivity contribution in [1.82, 2.24) is 4.90 Å². The quantitative estimate of drug-likeness (QED) is 0.737. The standard InChI is InChI=1S/C13H14ClIN2O3/c14-8-4-5-10(9(15)7-8)16-13(20)17-6-2-1-3-11(17)12(18)19/h4-5,7,11H,1-3,6H2,(H,16,20)(H,18,19). The van der Waals surface area contributed by atoms with Crippen LogP contribution in [0, 0.1) is 3.57 Å². The van der Waals surface area contributed by atoms with Crippen molar-refractivity contribution in [1.29, 1.82) is 0 Å². The summed E-state index contributed by atoms with van der Waals surface area (Å²) in [6.07, 6.45) is 2.16. The minimum atomic E-state index is -0.953. The van der Waals surface area contributed by atoms with Gasteiger partial charge in [-0.05, 0) is 60.1 Å². The van der Waals surface area contributed by atoms with Gasteiger partial charge in [0.25, 0.3) is 0 Å². The number of urea groups is 1. The largest absolute Gasteiger partial charge is 0.480 e. The molecule has 1 aliphatic rings. The molecule has 1 saturated heterocycles. The van der Waals surface area contributed by atoms with Crippen LogP contribution in [-0.4, -0.2) is 34.6 Å². The zero-order valence-corrected chi connectivity index (χ0v) is 13.5. The zero-order valence-electron chi connectivity index (χ0n) is 10.6. The average molecular weight is 409 g/mol. The highest BCUT2D eigenvalue weighted by molar-refractivity contribution is 14.1. The van der Waals surface area contributed by atoms with Gasteiger partial charge in [0.15, 0.2) is 0 Å². The molecule has 2 amide bonds. The molecule has 1 aromatic rings. The number of halogens is 2. The number of benzene rings is 1. The van der Waals surface area contributed by atoms with Crippen LogP contribution >= 0.6 is 34.2 Å². The van der Waals surface area contributed by atoms with Crippen LogP contribution in [-0.2, 0) is 4.79 Å². The molecule has 0 aliphatic carbocycles. The van der Waals surface area contributed by atoms with Crippen molar-refractivity contribution < 1.29 is 14.7 Å². The molecule has 0 aromatic heterocycles. The first kappa shape index (κ1) is 15.4. The molecule has 2 N–H and O–H groups in total. The molecular weight excluding hydrogens is 395 g/mol. The highest BCUT2D eigenvalue weighted by atomic mass is 127. The maximum atomic E-state index is 12.2. The van der Waals surface area contributed by atoms with E-state index in [4.69, 9.17) is 11.6 Å². The number of carboxylic acids is 1. The molecule has 2 rings (SSSR count). The summed E-state index contributed by atoms with van der Waals surface area (Å²) in [5.41, 5.74) is 0.634. The number of carboxylic acid groups (broad SMARTS) is 1. The Morgan fingerprint density at radius 1 is 1.40 bits per heavy atom. The molecule has 1 unspecified atom stereocenters. The van der Waals surface area contributed by atoms with Gasteiger partial charge in [-0.3, -0.25) is 0 Å². The molecule has 0 saturated carbocycles. The van der Waals surface area contributed by atoms with Gasteiger partial charge in [0.05, 0.1) is 5.69 Å². The number of nitrogens with zero attached hydrogens (tertiary/aromatic N) is 1. The summed E-state index contributed by atoms with van der Waals surface area (Å²) in [6.45, 7) is 0.465. The van der Waals surface area contributed by atoms with E-state index in [-0.39, 0.29) is 6.03 Å². The fourth-order valence-corrected chi connectivity index (χ4v) is 3.22. The minimum absolute atomic E-state index is 0.377. The monoisotopic (exact) mass is 408 g/mol. The van der Waals surface area contributed by atoms with Crippen molar-refractivity contribution >= 4 is 51.9 Å². The van der Waals surface area contributed by atoms with Crippen LogP contribution in [0.25, 0.3) is 0 Å². The minimum Gasteiger partial charge on any atom is -0.480 e.